The molecule has 0 aliphatic carbocycles. The van der Waals surface area contributed by atoms with Gasteiger partial charge < -0.3 is 19.3 Å². The molecule has 0 aromatic carbocycles. The fraction of sp³-hybridized carbons (Fsp3) is 0.889. The van der Waals surface area contributed by atoms with Crippen molar-refractivity contribution >= 4 is 5.97 Å². The van der Waals surface area contributed by atoms with Crippen LogP contribution in [0, 0.1) is 0 Å². The Hall–Kier alpha value is -0.650. The minimum Gasteiger partial charge on any atom is -0.479 e. The van der Waals surface area contributed by atoms with Gasteiger partial charge in [0.1, 0.15) is 5.60 Å². The summed E-state index contributed by atoms with van der Waals surface area (Å²) < 4.78 is 16.0. The highest BCUT2D eigenvalue weighted by molar-refractivity contribution is 5.74. The highest BCUT2D eigenvalue weighted by Gasteiger charge is 2.48. The van der Waals surface area contributed by atoms with Crippen LogP contribution < -0.4 is 0 Å². The third kappa shape index (κ3) is 1.63. The van der Waals surface area contributed by atoms with E-state index in [0.29, 0.717) is 39.3 Å². The lowest BCUT2D eigenvalue weighted by Gasteiger charge is -2.43. The molecule has 0 saturated carbocycles. The van der Waals surface area contributed by atoms with Gasteiger partial charge in [-0.3, -0.25) is 0 Å². The number of carbonyl (C=O) groups is 1. The normalized spacial score (nSPS) is 31.6. The summed E-state index contributed by atoms with van der Waals surface area (Å²) in [5, 5.41) is 9.01. The Balaban J connectivity index is 2.14. The van der Waals surface area contributed by atoms with Gasteiger partial charge in [0, 0.05) is 26.1 Å². The van der Waals surface area contributed by atoms with Gasteiger partial charge in [-0.25, -0.2) is 4.79 Å². The third-order valence-electron chi connectivity index (χ3n) is 2.80. The Morgan fingerprint density at radius 3 is 2.57 bits per heavy atom. The smallest absolute Gasteiger partial charge is 0.335 e. The molecule has 1 unspecified atom stereocenters. The lowest BCUT2D eigenvalue weighted by Crippen LogP contribution is -2.57. The van der Waals surface area contributed by atoms with Crippen LogP contribution >= 0.6 is 0 Å². The largest absolute Gasteiger partial charge is 0.479 e. The molecular weight excluding hydrogens is 188 g/mol. The number of hydrogen-bond acceptors (Lipinski definition) is 4. The summed E-state index contributed by atoms with van der Waals surface area (Å²) in [4.78, 5) is 11.0. The molecule has 0 aromatic heterocycles. The second-order valence-electron chi connectivity index (χ2n) is 3.61. The van der Waals surface area contributed by atoms with E-state index >= 15 is 0 Å². The summed E-state index contributed by atoms with van der Waals surface area (Å²) >= 11 is 0. The minimum atomic E-state index is -0.938. The number of aliphatic carboxylic acids is 1. The molecule has 2 aliphatic rings. The van der Waals surface area contributed by atoms with Crippen molar-refractivity contribution in [2.75, 3.05) is 26.4 Å². The van der Waals surface area contributed by atoms with Crippen molar-refractivity contribution in [3.8, 4) is 0 Å². The van der Waals surface area contributed by atoms with Crippen molar-refractivity contribution in [1.82, 2.24) is 0 Å². The molecule has 2 rings (SSSR count). The van der Waals surface area contributed by atoms with E-state index in [1.54, 1.807) is 0 Å². The quantitative estimate of drug-likeness (QED) is 0.650. The Labute approximate surface area is 81.9 Å². The van der Waals surface area contributed by atoms with E-state index in [1.165, 1.54) is 0 Å². The van der Waals surface area contributed by atoms with Crippen LogP contribution in [0.3, 0.4) is 0 Å². The van der Waals surface area contributed by atoms with Crippen LogP contribution in [-0.2, 0) is 19.0 Å². The minimum absolute atomic E-state index is 0.361. The van der Waals surface area contributed by atoms with Crippen molar-refractivity contribution < 1.29 is 24.1 Å². The van der Waals surface area contributed by atoms with Gasteiger partial charge in [0.15, 0.2) is 6.10 Å². The van der Waals surface area contributed by atoms with E-state index in [0.717, 1.165) is 0 Å². The Morgan fingerprint density at radius 1 is 1.21 bits per heavy atom. The van der Waals surface area contributed by atoms with Crippen molar-refractivity contribution in [3.63, 3.8) is 0 Å². The lowest BCUT2D eigenvalue weighted by molar-refractivity contribution is -0.234. The highest BCUT2D eigenvalue weighted by atomic mass is 16.6. The first-order chi connectivity index (χ1) is 6.75. The molecule has 5 nitrogen and oxygen atoms in total. The van der Waals surface area contributed by atoms with Crippen molar-refractivity contribution in [1.29, 1.82) is 0 Å². The van der Waals surface area contributed by atoms with Crippen molar-refractivity contribution in [2.45, 2.75) is 24.5 Å². The zero-order valence-electron chi connectivity index (χ0n) is 7.90. The Morgan fingerprint density at radius 2 is 1.93 bits per heavy atom. The molecular formula is C9H14O5. The van der Waals surface area contributed by atoms with Crippen LogP contribution in [0.25, 0.3) is 0 Å². The number of carboxylic acid groups (broad SMARTS) is 1. The molecule has 0 radical (unpaired) electrons. The van der Waals surface area contributed by atoms with Gasteiger partial charge in [-0.15, -0.1) is 0 Å². The number of rotatable bonds is 1. The van der Waals surface area contributed by atoms with E-state index < -0.39 is 17.7 Å². The second-order valence-corrected chi connectivity index (χ2v) is 3.61. The van der Waals surface area contributed by atoms with Crippen LogP contribution in [-0.4, -0.2) is 49.2 Å². The van der Waals surface area contributed by atoms with E-state index in [4.69, 9.17) is 19.3 Å². The van der Waals surface area contributed by atoms with Gasteiger partial charge in [0.05, 0.1) is 13.2 Å². The molecule has 1 atom stereocenters. The zero-order valence-corrected chi connectivity index (χ0v) is 7.90. The SMILES string of the molecule is O=C(O)C1OCCOC12CCOCC2. The first-order valence-corrected chi connectivity index (χ1v) is 4.81. The standard InChI is InChI=1S/C9H14O5/c10-8(11)7-9(14-6-5-13-7)1-3-12-4-2-9/h7H,1-6H2,(H,10,11). The van der Waals surface area contributed by atoms with Crippen LogP contribution in [0.15, 0.2) is 0 Å². The molecule has 80 valence electrons. The predicted octanol–water partition coefficient (Wildman–Crippen LogP) is 0.0356. The average molecular weight is 202 g/mol. The summed E-state index contributed by atoms with van der Waals surface area (Å²) in [5.74, 6) is -0.938. The second kappa shape index (κ2) is 3.84. The molecule has 0 bridgehead atoms. The lowest BCUT2D eigenvalue weighted by atomic mass is 9.87. The van der Waals surface area contributed by atoms with Gasteiger partial charge in [-0.2, -0.15) is 0 Å². The zero-order chi connectivity index (χ0) is 10.0. The maximum atomic E-state index is 11.0. The topological polar surface area (TPSA) is 65.0 Å². The fourth-order valence-electron chi connectivity index (χ4n) is 2.06. The first kappa shape index (κ1) is 9.89. The van der Waals surface area contributed by atoms with Crippen molar-refractivity contribution in [3.05, 3.63) is 0 Å². The Bertz CT molecular complexity index is 213. The van der Waals surface area contributed by atoms with E-state index in [2.05, 4.69) is 0 Å². The number of ether oxygens (including phenoxy) is 3. The summed E-state index contributed by atoms with van der Waals surface area (Å²) in [5.41, 5.74) is -0.650. The molecule has 1 N–H and O–H groups in total. The van der Waals surface area contributed by atoms with Crippen LogP contribution in [0.2, 0.25) is 0 Å². The molecule has 1 spiro atoms. The monoisotopic (exact) mass is 202 g/mol. The summed E-state index contributed by atoms with van der Waals surface area (Å²) in [6.45, 7) is 1.93. The van der Waals surface area contributed by atoms with E-state index in [-0.39, 0.29) is 0 Å². The molecule has 2 aliphatic heterocycles. The van der Waals surface area contributed by atoms with Crippen LogP contribution in [0.5, 0.6) is 0 Å². The van der Waals surface area contributed by atoms with Gasteiger partial charge in [-0.05, 0) is 0 Å². The molecule has 0 aromatic rings. The molecule has 5 heteroatoms. The molecule has 2 heterocycles. The van der Waals surface area contributed by atoms with Gasteiger partial charge >= 0.3 is 5.97 Å². The van der Waals surface area contributed by atoms with E-state index in [9.17, 15) is 4.79 Å². The molecule has 2 fully saturated rings. The molecule has 2 saturated heterocycles. The van der Waals surface area contributed by atoms with Gasteiger partial charge in [-0.1, -0.05) is 0 Å². The van der Waals surface area contributed by atoms with Crippen molar-refractivity contribution in [2.24, 2.45) is 0 Å². The number of hydrogen-bond donors (Lipinski definition) is 1. The maximum absolute atomic E-state index is 11.0. The predicted molar refractivity (Wildman–Crippen MR) is 46.1 cm³/mol. The molecule has 14 heavy (non-hydrogen) atoms. The maximum Gasteiger partial charge on any atom is 0.335 e. The fourth-order valence-corrected chi connectivity index (χ4v) is 2.06. The Kier molecular flexibility index (Phi) is 2.71. The molecule has 0 amide bonds. The average Bonchev–Trinajstić information content (AvgIpc) is 2.19. The van der Waals surface area contributed by atoms with Crippen LogP contribution in [0.4, 0.5) is 0 Å². The van der Waals surface area contributed by atoms with E-state index in [1.807, 2.05) is 0 Å². The first-order valence-electron chi connectivity index (χ1n) is 4.81. The summed E-state index contributed by atoms with van der Waals surface area (Å²) in [6, 6.07) is 0. The summed E-state index contributed by atoms with van der Waals surface area (Å²) in [6.07, 6.45) is 0.369. The van der Waals surface area contributed by atoms with Gasteiger partial charge in [0.25, 0.3) is 0 Å². The summed E-state index contributed by atoms with van der Waals surface area (Å²) in [7, 11) is 0. The van der Waals surface area contributed by atoms with Crippen LogP contribution in [0.1, 0.15) is 12.8 Å². The third-order valence-corrected chi connectivity index (χ3v) is 2.80. The highest BCUT2D eigenvalue weighted by Crippen LogP contribution is 2.33. The van der Waals surface area contributed by atoms with Gasteiger partial charge in [0.2, 0.25) is 0 Å². The number of carboxylic acids is 1.